The van der Waals surface area contributed by atoms with Crippen molar-refractivity contribution >= 4 is 34.4 Å². The summed E-state index contributed by atoms with van der Waals surface area (Å²) >= 11 is 5.71. The van der Waals surface area contributed by atoms with Gasteiger partial charge in [0.05, 0.1) is 12.6 Å². The minimum Gasteiger partial charge on any atom is -0.394 e. The van der Waals surface area contributed by atoms with Gasteiger partial charge in [0.25, 0.3) is 0 Å². The van der Waals surface area contributed by atoms with Gasteiger partial charge >= 0.3 is 0 Å². The fourth-order valence-electron chi connectivity index (χ4n) is 2.91. The molecule has 0 heterocycles. The molecule has 0 bridgehead atoms. The lowest BCUT2D eigenvalue weighted by atomic mass is 9.98. The number of carbonyl (C=O) groups excluding carboxylic acids is 1. The Kier molecular flexibility index (Phi) is 6.41. The van der Waals surface area contributed by atoms with E-state index in [0.717, 1.165) is 16.8 Å². The predicted octanol–water partition coefficient (Wildman–Crippen LogP) is 3.86. The van der Waals surface area contributed by atoms with Gasteiger partial charge < -0.3 is 15.5 Å². The van der Waals surface area contributed by atoms with Crippen LogP contribution in [-0.4, -0.2) is 28.8 Å². The number of rotatable bonds is 6. The zero-order valence-electron chi connectivity index (χ0n) is 14.8. The van der Waals surface area contributed by atoms with Gasteiger partial charge in [-0.05, 0) is 40.6 Å². The van der Waals surface area contributed by atoms with E-state index in [4.69, 9.17) is 11.6 Å². The number of hydrogen-bond donors (Lipinski definition) is 3. The van der Waals surface area contributed by atoms with Crippen molar-refractivity contribution in [1.82, 2.24) is 5.32 Å². The van der Waals surface area contributed by atoms with Crippen LogP contribution >= 0.6 is 11.6 Å². The third kappa shape index (κ3) is 4.75. The number of carbonyl (C=O) groups is 1. The van der Waals surface area contributed by atoms with E-state index in [-0.39, 0.29) is 10.6 Å². The van der Waals surface area contributed by atoms with Crippen LogP contribution in [0, 0.1) is 5.82 Å². The van der Waals surface area contributed by atoms with Crippen LogP contribution in [0.5, 0.6) is 0 Å². The molecule has 1 amide bonds. The van der Waals surface area contributed by atoms with Gasteiger partial charge in [-0.1, -0.05) is 54.1 Å². The molecular weight excluding hydrogens is 381 g/mol. The molecular formula is C22H19ClFNO3. The standard InChI is InChI=1S/C22H19ClFNO3/c23-18-9-7-15(19(24)12-18)8-10-21(28)25-22(20(27)13-26)17-6-5-14-3-1-2-4-16(14)11-17/h1-12,20,22,26-27H,13H2,(H,25,28). The van der Waals surface area contributed by atoms with Crippen LogP contribution < -0.4 is 5.32 Å². The topological polar surface area (TPSA) is 69.6 Å². The molecule has 4 nitrogen and oxygen atoms in total. The minimum atomic E-state index is -1.19. The molecule has 0 radical (unpaired) electrons. The lowest BCUT2D eigenvalue weighted by Gasteiger charge is -2.23. The van der Waals surface area contributed by atoms with Crippen molar-refractivity contribution in [3.63, 3.8) is 0 Å². The summed E-state index contributed by atoms with van der Waals surface area (Å²) in [5.74, 6) is -1.07. The van der Waals surface area contributed by atoms with Crippen molar-refractivity contribution in [1.29, 1.82) is 0 Å². The van der Waals surface area contributed by atoms with Crippen molar-refractivity contribution < 1.29 is 19.4 Å². The first-order valence-electron chi connectivity index (χ1n) is 8.69. The van der Waals surface area contributed by atoms with Crippen LogP contribution in [-0.2, 0) is 4.79 Å². The molecule has 2 unspecified atom stereocenters. The number of amides is 1. The van der Waals surface area contributed by atoms with Crippen LogP contribution in [0.2, 0.25) is 5.02 Å². The van der Waals surface area contributed by atoms with Crippen LogP contribution in [0.25, 0.3) is 16.8 Å². The van der Waals surface area contributed by atoms with Gasteiger partial charge in [-0.3, -0.25) is 4.79 Å². The van der Waals surface area contributed by atoms with Crippen LogP contribution in [0.15, 0.2) is 66.7 Å². The fourth-order valence-corrected chi connectivity index (χ4v) is 3.07. The Morgan fingerprint density at radius 3 is 2.57 bits per heavy atom. The van der Waals surface area contributed by atoms with Crippen molar-refractivity contribution in [3.05, 3.63) is 88.7 Å². The van der Waals surface area contributed by atoms with Gasteiger partial charge in [0, 0.05) is 16.7 Å². The predicted molar refractivity (Wildman–Crippen MR) is 108 cm³/mol. The fraction of sp³-hybridized carbons (Fsp3) is 0.136. The monoisotopic (exact) mass is 399 g/mol. The average molecular weight is 400 g/mol. The molecule has 0 aliphatic heterocycles. The van der Waals surface area contributed by atoms with Crippen molar-refractivity contribution in [2.24, 2.45) is 0 Å². The molecule has 0 spiro atoms. The molecule has 3 aromatic rings. The molecule has 3 aromatic carbocycles. The molecule has 3 rings (SSSR count). The highest BCUT2D eigenvalue weighted by Crippen LogP contribution is 2.23. The van der Waals surface area contributed by atoms with Crippen molar-refractivity contribution in [2.45, 2.75) is 12.1 Å². The van der Waals surface area contributed by atoms with Gasteiger partial charge in [0.2, 0.25) is 5.91 Å². The quantitative estimate of drug-likeness (QED) is 0.551. The maximum absolute atomic E-state index is 13.8. The maximum atomic E-state index is 13.8. The lowest BCUT2D eigenvalue weighted by Crippen LogP contribution is -2.37. The third-order valence-corrected chi connectivity index (χ3v) is 4.61. The minimum absolute atomic E-state index is 0.213. The molecule has 0 aromatic heterocycles. The second-order valence-corrected chi connectivity index (χ2v) is 6.78. The lowest BCUT2D eigenvalue weighted by molar-refractivity contribution is -0.118. The first-order valence-corrected chi connectivity index (χ1v) is 9.07. The van der Waals surface area contributed by atoms with Crippen LogP contribution in [0.3, 0.4) is 0 Å². The Morgan fingerprint density at radius 1 is 1.11 bits per heavy atom. The summed E-state index contributed by atoms with van der Waals surface area (Å²) in [6.45, 7) is -0.521. The highest BCUT2D eigenvalue weighted by Gasteiger charge is 2.22. The Labute approximate surface area is 166 Å². The van der Waals surface area contributed by atoms with Gasteiger partial charge in [0.15, 0.2) is 0 Å². The Hall–Kier alpha value is -2.73. The molecule has 3 N–H and O–H groups in total. The highest BCUT2D eigenvalue weighted by atomic mass is 35.5. The second-order valence-electron chi connectivity index (χ2n) is 6.34. The van der Waals surface area contributed by atoms with E-state index in [9.17, 15) is 19.4 Å². The SMILES string of the molecule is O=C(C=Cc1ccc(Cl)cc1F)NC(c1ccc2ccccc2c1)C(O)CO. The first kappa shape index (κ1) is 20.0. The van der Waals surface area contributed by atoms with E-state index < -0.39 is 30.5 Å². The van der Waals surface area contributed by atoms with E-state index in [1.165, 1.54) is 24.3 Å². The Balaban J connectivity index is 1.81. The molecule has 0 aliphatic carbocycles. The van der Waals surface area contributed by atoms with Gasteiger partial charge in [-0.25, -0.2) is 4.39 Å². The summed E-state index contributed by atoms with van der Waals surface area (Å²) in [7, 11) is 0. The number of nitrogens with one attached hydrogen (secondary N) is 1. The number of aliphatic hydroxyl groups excluding tert-OH is 2. The molecule has 144 valence electrons. The first-order chi connectivity index (χ1) is 13.5. The van der Waals surface area contributed by atoms with Crippen LogP contribution in [0.4, 0.5) is 4.39 Å². The molecule has 0 saturated carbocycles. The van der Waals surface area contributed by atoms with Gasteiger partial charge in [0.1, 0.15) is 11.9 Å². The number of benzene rings is 3. The molecule has 6 heteroatoms. The zero-order chi connectivity index (χ0) is 20.1. The number of hydrogen-bond acceptors (Lipinski definition) is 3. The zero-order valence-corrected chi connectivity index (χ0v) is 15.6. The smallest absolute Gasteiger partial charge is 0.244 e. The number of fused-ring (bicyclic) bond motifs is 1. The summed E-state index contributed by atoms with van der Waals surface area (Å²) < 4.78 is 13.8. The highest BCUT2D eigenvalue weighted by molar-refractivity contribution is 6.30. The van der Waals surface area contributed by atoms with Crippen molar-refractivity contribution in [2.75, 3.05) is 6.61 Å². The van der Waals surface area contributed by atoms with Crippen LogP contribution in [0.1, 0.15) is 17.2 Å². The Morgan fingerprint density at radius 2 is 1.86 bits per heavy atom. The summed E-state index contributed by atoms with van der Waals surface area (Å²) in [5, 5.41) is 24.5. The molecule has 0 fully saturated rings. The number of halogens is 2. The summed E-state index contributed by atoms with van der Waals surface area (Å²) in [6, 6.07) is 16.5. The Bertz CT molecular complexity index is 1020. The largest absolute Gasteiger partial charge is 0.394 e. The summed E-state index contributed by atoms with van der Waals surface area (Å²) in [5.41, 5.74) is 0.865. The van der Waals surface area contributed by atoms with E-state index in [0.29, 0.717) is 5.56 Å². The van der Waals surface area contributed by atoms with E-state index in [1.54, 1.807) is 6.07 Å². The van der Waals surface area contributed by atoms with E-state index in [2.05, 4.69) is 5.32 Å². The van der Waals surface area contributed by atoms with E-state index in [1.807, 2.05) is 36.4 Å². The van der Waals surface area contributed by atoms with Gasteiger partial charge in [-0.15, -0.1) is 0 Å². The third-order valence-electron chi connectivity index (χ3n) is 4.38. The molecule has 2 atom stereocenters. The number of aliphatic hydroxyl groups is 2. The molecule has 0 saturated heterocycles. The van der Waals surface area contributed by atoms with Crippen molar-refractivity contribution in [3.8, 4) is 0 Å². The molecule has 0 aliphatic rings. The van der Waals surface area contributed by atoms with Gasteiger partial charge in [-0.2, -0.15) is 0 Å². The molecule has 28 heavy (non-hydrogen) atoms. The maximum Gasteiger partial charge on any atom is 0.244 e. The second kappa shape index (κ2) is 8.97. The summed E-state index contributed by atoms with van der Waals surface area (Å²) in [4.78, 5) is 12.3. The average Bonchev–Trinajstić information content (AvgIpc) is 2.70. The van der Waals surface area contributed by atoms with E-state index >= 15 is 0 Å². The summed E-state index contributed by atoms with van der Waals surface area (Å²) in [6.07, 6.45) is 1.31. The normalized spacial score (nSPS) is 13.6.